The molecule has 4 aromatic rings. The molecule has 1 atom stereocenters. The van der Waals surface area contributed by atoms with Crippen LogP contribution < -0.4 is 10.1 Å². The number of anilines is 1. The number of nitrogens with zero attached hydrogens (tertiary/aromatic N) is 3. The van der Waals surface area contributed by atoms with Crippen LogP contribution in [0.4, 0.5) is 19.0 Å². The van der Waals surface area contributed by atoms with Gasteiger partial charge in [-0.2, -0.15) is 13.2 Å². The van der Waals surface area contributed by atoms with Crippen LogP contribution in [0.5, 0.6) is 5.75 Å². The molecular weight excluding hydrogens is 473 g/mol. The summed E-state index contributed by atoms with van der Waals surface area (Å²) in [7, 11) is 3.11. The highest BCUT2D eigenvalue weighted by Gasteiger charge is 2.29. The van der Waals surface area contributed by atoms with E-state index in [4.69, 9.17) is 4.74 Å². The van der Waals surface area contributed by atoms with Gasteiger partial charge in [-0.3, -0.25) is 4.90 Å². The lowest BCUT2D eigenvalue weighted by Crippen LogP contribution is -2.30. The van der Waals surface area contributed by atoms with Crippen molar-refractivity contribution in [2.24, 2.45) is 0 Å². The smallest absolute Gasteiger partial charge is 0.401 e. The summed E-state index contributed by atoms with van der Waals surface area (Å²) >= 11 is 1.61. The maximum Gasteiger partial charge on any atom is 0.401 e. The lowest BCUT2D eigenvalue weighted by Gasteiger charge is -2.20. The van der Waals surface area contributed by atoms with Crippen molar-refractivity contribution < 1.29 is 17.9 Å². The summed E-state index contributed by atoms with van der Waals surface area (Å²) in [5, 5.41) is 4.32. The molecule has 9 heteroatoms. The van der Waals surface area contributed by atoms with E-state index < -0.39 is 12.7 Å². The average Bonchev–Trinajstić information content (AvgIpc) is 3.27. The van der Waals surface area contributed by atoms with Crippen LogP contribution in [0, 0.1) is 6.92 Å². The first kappa shape index (κ1) is 24.9. The number of nitrogens with one attached hydrogen (secondary N) is 1. The van der Waals surface area contributed by atoms with Crippen LogP contribution >= 0.6 is 11.3 Å². The number of thiophene rings is 1. The van der Waals surface area contributed by atoms with E-state index >= 15 is 0 Å². The topological polar surface area (TPSA) is 50.3 Å². The molecule has 5 nitrogen and oxygen atoms in total. The van der Waals surface area contributed by atoms with Gasteiger partial charge < -0.3 is 10.1 Å². The van der Waals surface area contributed by atoms with Crippen molar-refractivity contribution >= 4 is 28.1 Å². The van der Waals surface area contributed by atoms with E-state index in [1.165, 1.54) is 11.9 Å². The summed E-state index contributed by atoms with van der Waals surface area (Å²) < 4.78 is 44.0. The molecule has 0 saturated carbocycles. The quantitative estimate of drug-likeness (QED) is 0.287. The van der Waals surface area contributed by atoms with Crippen LogP contribution in [0.2, 0.25) is 0 Å². The van der Waals surface area contributed by atoms with Crippen molar-refractivity contribution in [3.63, 3.8) is 0 Å². The monoisotopic (exact) mass is 500 g/mol. The van der Waals surface area contributed by atoms with Crippen LogP contribution in [-0.2, 0) is 6.54 Å². The predicted octanol–water partition coefficient (Wildman–Crippen LogP) is 6.84. The number of rotatable bonds is 8. The molecule has 0 amide bonds. The highest BCUT2D eigenvalue weighted by molar-refractivity contribution is 7.15. The van der Waals surface area contributed by atoms with E-state index in [0.29, 0.717) is 17.4 Å². The maximum atomic E-state index is 12.8. The molecule has 0 spiro atoms. The largest absolute Gasteiger partial charge is 0.496 e. The lowest BCUT2D eigenvalue weighted by atomic mass is 10.1. The summed E-state index contributed by atoms with van der Waals surface area (Å²) in [5.74, 6) is 2.05. The van der Waals surface area contributed by atoms with Gasteiger partial charge in [0.05, 0.1) is 30.6 Å². The van der Waals surface area contributed by atoms with Crippen molar-refractivity contribution in [3.8, 4) is 16.2 Å². The van der Waals surface area contributed by atoms with Gasteiger partial charge in [-0.25, -0.2) is 9.97 Å². The van der Waals surface area contributed by atoms with E-state index in [1.54, 1.807) is 18.4 Å². The molecule has 0 saturated heterocycles. The third-order valence-electron chi connectivity index (χ3n) is 5.60. The summed E-state index contributed by atoms with van der Waals surface area (Å²) in [6, 6.07) is 17.3. The Morgan fingerprint density at radius 2 is 1.83 bits per heavy atom. The number of hydrogen-bond donors (Lipinski definition) is 1. The lowest BCUT2D eigenvalue weighted by molar-refractivity contribution is -0.144. The van der Waals surface area contributed by atoms with Crippen molar-refractivity contribution in [3.05, 3.63) is 70.9 Å². The second-order valence-corrected chi connectivity index (χ2v) is 9.60. The Labute approximate surface area is 206 Å². The third kappa shape index (κ3) is 5.91. The molecule has 2 heterocycles. The Bertz CT molecular complexity index is 1320. The zero-order chi connectivity index (χ0) is 25.2. The molecule has 2 aromatic heterocycles. The summed E-state index contributed by atoms with van der Waals surface area (Å²) in [5.41, 5.74) is 2.60. The number of alkyl halides is 3. The molecule has 184 valence electrons. The first-order valence-electron chi connectivity index (χ1n) is 11.2. The molecule has 0 aliphatic carbocycles. The first-order chi connectivity index (χ1) is 16.6. The fraction of sp³-hybridized carbons (Fsp3) is 0.308. The normalized spacial score (nSPS) is 12.8. The number of halogens is 3. The minimum Gasteiger partial charge on any atom is -0.496 e. The van der Waals surface area contributed by atoms with E-state index in [-0.39, 0.29) is 12.6 Å². The Morgan fingerprint density at radius 1 is 1.06 bits per heavy atom. The van der Waals surface area contributed by atoms with Crippen LogP contribution in [0.15, 0.2) is 54.6 Å². The SMILES string of the molecule is COc1cccc2nc(C)nc(NC(C)c3ccc(-c4ccccc4CN(C)CC(F)(F)F)s3)c12. The van der Waals surface area contributed by atoms with Gasteiger partial charge in [0.1, 0.15) is 17.4 Å². The van der Waals surface area contributed by atoms with Crippen molar-refractivity contribution in [2.75, 3.05) is 26.0 Å². The number of benzene rings is 2. The predicted molar refractivity (Wildman–Crippen MR) is 135 cm³/mol. The van der Waals surface area contributed by atoms with Crippen LogP contribution in [0.25, 0.3) is 21.3 Å². The van der Waals surface area contributed by atoms with Gasteiger partial charge in [0.2, 0.25) is 0 Å². The van der Waals surface area contributed by atoms with Crippen molar-refractivity contribution in [1.82, 2.24) is 14.9 Å². The molecule has 0 bridgehead atoms. The Kier molecular flexibility index (Phi) is 7.28. The molecular formula is C26H27F3N4OS. The molecule has 35 heavy (non-hydrogen) atoms. The second kappa shape index (κ2) is 10.2. The molecule has 0 aliphatic heterocycles. The Balaban J connectivity index is 1.59. The van der Waals surface area contributed by atoms with E-state index in [1.807, 2.05) is 61.5 Å². The van der Waals surface area contributed by atoms with E-state index in [9.17, 15) is 13.2 Å². The van der Waals surface area contributed by atoms with Crippen LogP contribution in [0.3, 0.4) is 0 Å². The van der Waals surface area contributed by atoms with Crippen LogP contribution in [0.1, 0.15) is 29.2 Å². The number of fused-ring (bicyclic) bond motifs is 1. The number of hydrogen-bond acceptors (Lipinski definition) is 6. The zero-order valence-corrected chi connectivity index (χ0v) is 20.8. The molecule has 1 unspecified atom stereocenters. The number of methoxy groups -OCH3 is 1. The van der Waals surface area contributed by atoms with Crippen molar-refractivity contribution in [1.29, 1.82) is 0 Å². The average molecular weight is 501 g/mol. The molecule has 2 aromatic carbocycles. The molecule has 0 aliphatic rings. The minimum atomic E-state index is -4.23. The van der Waals surface area contributed by atoms with Gasteiger partial charge in [-0.05, 0) is 56.3 Å². The maximum absolute atomic E-state index is 12.8. The van der Waals surface area contributed by atoms with Gasteiger partial charge in [0.15, 0.2) is 0 Å². The number of ether oxygens (including phenoxy) is 1. The number of aryl methyl sites for hydroxylation is 1. The zero-order valence-electron chi connectivity index (χ0n) is 20.0. The van der Waals surface area contributed by atoms with E-state index in [0.717, 1.165) is 31.8 Å². The summed E-state index contributed by atoms with van der Waals surface area (Å²) in [6.45, 7) is 3.17. The van der Waals surface area contributed by atoms with E-state index in [2.05, 4.69) is 22.2 Å². The van der Waals surface area contributed by atoms with Gasteiger partial charge in [0.25, 0.3) is 0 Å². The minimum absolute atomic E-state index is 0.0590. The Hall–Kier alpha value is -3.17. The van der Waals surface area contributed by atoms with Crippen molar-refractivity contribution in [2.45, 2.75) is 32.6 Å². The summed E-state index contributed by atoms with van der Waals surface area (Å²) in [6.07, 6.45) is -4.23. The third-order valence-corrected chi connectivity index (χ3v) is 6.90. The first-order valence-corrected chi connectivity index (χ1v) is 12.0. The molecule has 0 fully saturated rings. The highest BCUT2D eigenvalue weighted by Crippen LogP contribution is 2.37. The second-order valence-electron chi connectivity index (χ2n) is 8.49. The standard InChI is InChI=1S/C26H27F3N4OS/c1-16(30-25-24-20(31-17(2)32-25)10-7-11-21(24)34-4)22-12-13-23(35-22)19-9-6-5-8-18(19)14-33(3)15-26(27,28)29/h5-13,16H,14-15H2,1-4H3,(H,30,31,32). The van der Waals surface area contributed by atoms with Crippen LogP contribution in [-0.4, -0.2) is 41.7 Å². The van der Waals surface area contributed by atoms with Gasteiger partial charge in [-0.15, -0.1) is 11.3 Å². The Morgan fingerprint density at radius 3 is 2.57 bits per heavy atom. The highest BCUT2D eigenvalue weighted by atomic mass is 32.1. The fourth-order valence-corrected chi connectivity index (χ4v) is 5.17. The van der Waals surface area contributed by atoms with Gasteiger partial charge in [0, 0.05) is 16.3 Å². The number of aromatic nitrogens is 2. The molecule has 4 rings (SSSR count). The summed E-state index contributed by atoms with van der Waals surface area (Å²) in [4.78, 5) is 12.5. The van der Waals surface area contributed by atoms with Gasteiger partial charge in [-0.1, -0.05) is 30.3 Å². The van der Waals surface area contributed by atoms with Gasteiger partial charge >= 0.3 is 6.18 Å². The molecule has 1 N–H and O–H groups in total. The fourth-order valence-electron chi connectivity index (χ4n) is 4.10. The molecule has 0 radical (unpaired) electrons.